The van der Waals surface area contributed by atoms with Gasteiger partial charge in [-0.3, -0.25) is 4.57 Å². The Hall–Kier alpha value is -1.03. The van der Waals surface area contributed by atoms with Crippen molar-refractivity contribution in [2.24, 2.45) is 0 Å². The molecule has 1 unspecified atom stereocenters. The molecule has 1 atom stereocenters. The largest absolute Gasteiger partial charge is 0.419 e. The fraction of sp³-hybridized carbons (Fsp3) is 0.588. The van der Waals surface area contributed by atoms with E-state index in [4.69, 9.17) is 4.42 Å². The van der Waals surface area contributed by atoms with Gasteiger partial charge < -0.3 is 4.42 Å². The normalized spacial score (nSPS) is 12.9. The van der Waals surface area contributed by atoms with Crippen molar-refractivity contribution in [1.82, 2.24) is 4.57 Å². The van der Waals surface area contributed by atoms with Gasteiger partial charge in [-0.05, 0) is 30.5 Å². The number of fused-ring (bicyclic) bond motifs is 1. The highest BCUT2D eigenvalue weighted by molar-refractivity contribution is 9.09. The summed E-state index contributed by atoms with van der Waals surface area (Å²) in [6.07, 6.45) is 7.11. The van der Waals surface area contributed by atoms with Crippen molar-refractivity contribution < 1.29 is 4.42 Å². The molecule has 0 amide bonds. The summed E-state index contributed by atoms with van der Waals surface area (Å²) in [5.74, 6) is -0.252. The molecule has 1 aromatic heterocycles. The SMILES string of the molecule is CCCCCCC(Br)c1ccc2c(c1)oc(=O)n2CCC. The number of alkyl halides is 1. The van der Waals surface area contributed by atoms with Crippen molar-refractivity contribution >= 4 is 27.0 Å². The number of rotatable bonds is 8. The Labute approximate surface area is 134 Å². The molecule has 1 heterocycles. The lowest BCUT2D eigenvalue weighted by molar-refractivity contribution is 0.502. The summed E-state index contributed by atoms with van der Waals surface area (Å²) < 4.78 is 7.08. The quantitative estimate of drug-likeness (QED) is 0.469. The molecule has 0 aliphatic carbocycles. The highest BCUT2D eigenvalue weighted by Crippen LogP contribution is 2.30. The number of hydrogen-bond donors (Lipinski definition) is 0. The van der Waals surface area contributed by atoms with Crippen LogP contribution >= 0.6 is 15.9 Å². The van der Waals surface area contributed by atoms with Crippen LogP contribution < -0.4 is 5.76 Å². The molecular formula is C17H24BrNO2. The molecule has 0 N–H and O–H groups in total. The van der Waals surface area contributed by atoms with E-state index in [1.807, 2.05) is 12.1 Å². The third-order valence-electron chi connectivity index (χ3n) is 3.81. The van der Waals surface area contributed by atoms with Crippen molar-refractivity contribution in [2.45, 2.75) is 63.7 Å². The van der Waals surface area contributed by atoms with E-state index >= 15 is 0 Å². The average Bonchev–Trinajstić information content (AvgIpc) is 2.79. The predicted molar refractivity (Wildman–Crippen MR) is 91.2 cm³/mol. The Kier molecular flexibility index (Phi) is 6.09. The van der Waals surface area contributed by atoms with Crippen LogP contribution in [0.1, 0.15) is 62.8 Å². The Morgan fingerprint density at radius 2 is 2.00 bits per heavy atom. The maximum Gasteiger partial charge on any atom is 0.419 e. The first-order valence-electron chi connectivity index (χ1n) is 7.94. The van der Waals surface area contributed by atoms with Gasteiger partial charge in [0.1, 0.15) is 0 Å². The van der Waals surface area contributed by atoms with E-state index in [1.165, 1.54) is 31.2 Å². The van der Waals surface area contributed by atoms with Crippen molar-refractivity contribution in [3.05, 3.63) is 34.3 Å². The number of nitrogens with zero attached hydrogens (tertiary/aromatic N) is 1. The van der Waals surface area contributed by atoms with Crippen LogP contribution in [0.4, 0.5) is 0 Å². The molecule has 4 heteroatoms. The van der Waals surface area contributed by atoms with Gasteiger partial charge in [-0.15, -0.1) is 0 Å². The fourth-order valence-corrected chi connectivity index (χ4v) is 3.24. The topological polar surface area (TPSA) is 35.1 Å². The minimum Gasteiger partial charge on any atom is -0.408 e. The van der Waals surface area contributed by atoms with Crippen molar-refractivity contribution in [1.29, 1.82) is 0 Å². The zero-order chi connectivity index (χ0) is 15.2. The number of aromatic nitrogens is 1. The molecule has 2 rings (SSSR count). The molecule has 3 nitrogen and oxygen atoms in total. The molecule has 0 aliphatic rings. The monoisotopic (exact) mass is 353 g/mol. The van der Waals surface area contributed by atoms with Crippen LogP contribution in [0.5, 0.6) is 0 Å². The third kappa shape index (κ3) is 4.00. The first-order valence-corrected chi connectivity index (χ1v) is 8.86. The van der Waals surface area contributed by atoms with E-state index in [-0.39, 0.29) is 5.76 Å². The van der Waals surface area contributed by atoms with Crippen LogP contribution in [0, 0.1) is 0 Å². The highest BCUT2D eigenvalue weighted by Gasteiger charge is 2.12. The molecule has 0 bridgehead atoms. The molecule has 0 fully saturated rings. The van der Waals surface area contributed by atoms with Crippen LogP contribution in [-0.4, -0.2) is 4.57 Å². The highest BCUT2D eigenvalue weighted by atomic mass is 79.9. The van der Waals surface area contributed by atoms with Crippen LogP contribution in [0.25, 0.3) is 11.1 Å². The van der Waals surface area contributed by atoms with Gasteiger partial charge >= 0.3 is 5.76 Å². The second kappa shape index (κ2) is 7.83. The Morgan fingerprint density at radius 1 is 1.19 bits per heavy atom. The van der Waals surface area contributed by atoms with Crippen molar-refractivity contribution in [3.63, 3.8) is 0 Å². The van der Waals surface area contributed by atoms with Gasteiger partial charge in [0, 0.05) is 11.4 Å². The summed E-state index contributed by atoms with van der Waals surface area (Å²) in [6, 6.07) is 6.11. The first kappa shape index (κ1) is 16.3. The van der Waals surface area contributed by atoms with E-state index in [0.717, 1.165) is 18.4 Å². The first-order chi connectivity index (χ1) is 10.2. The van der Waals surface area contributed by atoms with Crippen molar-refractivity contribution in [2.75, 3.05) is 0 Å². The van der Waals surface area contributed by atoms with Crippen LogP contribution in [-0.2, 0) is 6.54 Å². The second-order valence-electron chi connectivity index (χ2n) is 5.56. The minimum atomic E-state index is -0.252. The molecule has 0 radical (unpaired) electrons. The lowest BCUT2D eigenvalue weighted by Crippen LogP contribution is -2.13. The van der Waals surface area contributed by atoms with Gasteiger partial charge in [0.15, 0.2) is 5.58 Å². The molecule has 1 aromatic carbocycles. The number of benzene rings is 1. The number of unbranched alkanes of at least 4 members (excludes halogenated alkanes) is 3. The predicted octanol–water partition coefficient (Wildman–Crippen LogP) is 5.41. The lowest BCUT2D eigenvalue weighted by Gasteiger charge is -2.10. The molecule has 0 saturated heterocycles. The molecule has 2 aromatic rings. The van der Waals surface area contributed by atoms with E-state index in [0.29, 0.717) is 17.0 Å². The molecule has 116 valence electrons. The van der Waals surface area contributed by atoms with Crippen LogP contribution in [0.2, 0.25) is 0 Å². The maximum absolute atomic E-state index is 11.8. The molecule has 21 heavy (non-hydrogen) atoms. The summed E-state index contributed by atoms with van der Waals surface area (Å²) in [4.78, 5) is 12.2. The zero-order valence-electron chi connectivity index (χ0n) is 12.9. The summed E-state index contributed by atoms with van der Waals surface area (Å²) in [7, 11) is 0. The van der Waals surface area contributed by atoms with Gasteiger partial charge in [-0.2, -0.15) is 0 Å². The van der Waals surface area contributed by atoms with E-state index in [9.17, 15) is 4.79 Å². The zero-order valence-corrected chi connectivity index (χ0v) is 14.5. The Balaban J connectivity index is 2.13. The molecule has 0 aliphatic heterocycles. The molecular weight excluding hydrogens is 330 g/mol. The van der Waals surface area contributed by atoms with Crippen molar-refractivity contribution in [3.8, 4) is 0 Å². The van der Waals surface area contributed by atoms with Gasteiger partial charge in [0.2, 0.25) is 0 Å². The number of aryl methyl sites for hydroxylation is 1. The summed E-state index contributed by atoms with van der Waals surface area (Å²) in [5.41, 5.74) is 2.79. The minimum absolute atomic E-state index is 0.252. The lowest BCUT2D eigenvalue weighted by atomic mass is 10.1. The second-order valence-corrected chi connectivity index (χ2v) is 6.67. The average molecular weight is 354 g/mol. The number of oxazole rings is 1. The smallest absolute Gasteiger partial charge is 0.408 e. The standard InChI is InChI=1S/C17H24BrNO2/c1-3-5-6-7-8-14(18)13-9-10-15-16(12-13)21-17(20)19(15)11-4-2/h9-10,12,14H,3-8,11H2,1-2H3. The summed E-state index contributed by atoms with van der Waals surface area (Å²) in [6.45, 7) is 4.99. The molecule has 0 spiro atoms. The van der Waals surface area contributed by atoms with Gasteiger partial charge in [-0.1, -0.05) is 61.5 Å². The number of halogens is 1. The Morgan fingerprint density at radius 3 is 2.71 bits per heavy atom. The number of hydrogen-bond acceptors (Lipinski definition) is 2. The third-order valence-corrected chi connectivity index (χ3v) is 4.80. The van der Waals surface area contributed by atoms with Gasteiger partial charge in [-0.25, -0.2) is 4.79 Å². The van der Waals surface area contributed by atoms with Gasteiger partial charge in [0.05, 0.1) is 5.52 Å². The Bertz CT molecular complexity index is 629. The van der Waals surface area contributed by atoms with E-state index in [2.05, 4.69) is 35.8 Å². The fourth-order valence-electron chi connectivity index (χ4n) is 2.63. The van der Waals surface area contributed by atoms with E-state index in [1.54, 1.807) is 4.57 Å². The summed E-state index contributed by atoms with van der Waals surface area (Å²) >= 11 is 3.75. The maximum atomic E-state index is 11.8. The van der Waals surface area contributed by atoms with E-state index < -0.39 is 0 Å². The van der Waals surface area contributed by atoms with Gasteiger partial charge in [0.25, 0.3) is 0 Å². The summed E-state index contributed by atoms with van der Waals surface area (Å²) in [5, 5.41) is 0. The molecule has 0 saturated carbocycles. The van der Waals surface area contributed by atoms with Crippen LogP contribution in [0.3, 0.4) is 0 Å². The van der Waals surface area contributed by atoms with Crippen LogP contribution in [0.15, 0.2) is 27.4 Å².